The maximum atomic E-state index is 11.8. The Morgan fingerprint density at radius 2 is 2.13 bits per heavy atom. The zero-order valence-corrected chi connectivity index (χ0v) is 13.0. The second-order valence-electron chi connectivity index (χ2n) is 5.59. The molecule has 1 aliphatic heterocycles. The molecule has 2 aromatic rings. The summed E-state index contributed by atoms with van der Waals surface area (Å²) in [6.45, 7) is 2.49. The summed E-state index contributed by atoms with van der Waals surface area (Å²) in [6, 6.07) is 9.99. The van der Waals surface area contributed by atoms with E-state index in [1.54, 1.807) is 6.20 Å². The first-order chi connectivity index (χ1) is 11.3. The van der Waals surface area contributed by atoms with Gasteiger partial charge in [-0.3, -0.25) is 4.68 Å². The second-order valence-corrected chi connectivity index (χ2v) is 5.59. The van der Waals surface area contributed by atoms with Crippen LogP contribution in [-0.4, -0.2) is 35.2 Å². The van der Waals surface area contributed by atoms with Crippen LogP contribution >= 0.6 is 0 Å². The number of nitrogens with zero attached hydrogens (tertiary/aromatic N) is 2. The Bertz CT molecular complexity index is 622. The van der Waals surface area contributed by atoms with Gasteiger partial charge in [0.25, 0.3) is 0 Å². The van der Waals surface area contributed by atoms with Gasteiger partial charge in [-0.05, 0) is 17.2 Å². The van der Waals surface area contributed by atoms with Crippen LogP contribution in [-0.2, 0) is 22.6 Å². The highest BCUT2D eigenvalue weighted by molar-refractivity contribution is 5.67. The molecule has 1 aromatic carbocycles. The normalized spacial score (nSPS) is 15.3. The van der Waals surface area contributed by atoms with Crippen LogP contribution in [0.3, 0.4) is 0 Å². The molecule has 6 nitrogen and oxygen atoms in total. The average Bonchev–Trinajstić information content (AvgIpc) is 3.07. The van der Waals surface area contributed by atoms with Crippen molar-refractivity contribution in [1.82, 2.24) is 15.1 Å². The van der Waals surface area contributed by atoms with Gasteiger partial charge in [0, 0.05) is 31.8 Å². The van der Waals surface area contributed by atoms with Gasteiger partial charge in [0.2, 0.25) is 0 Å². The molecule has 1 fully saturated rings. The molecular weight excluding hydrogens is 294 g/mol. The van der Waals surface area contributed by atoms with E-state index in [4.69, 9.17) is 9.47 Å². The van der Waals surface area contributed by atoms with E-state index in [0.29, 0.717) is 26.3 Å². The number of carbonyl (C=O) groups is 1. The van der Waals surface area contributed by atoms with E-state index >= 15 is 0 Å². The van der Waals surface area contributed by atoms with Crippen molar-refractivity contribution in [2.45, 2.75) is 32.0 Å². The number of benzene rings is 1. The molecule has 1 amide bonds. The van der Waals surface area contributed by atoms with Crippen LogP contribution in [0.4, 0.5) is 4.79 Å². The summed E-state index contributed by atoms with van der Waals surface area (Å²) in [5.41, 5.74) is 2.18. The van der Waals surface area contributed by atoms with Crippen molar-refractivity contribution < 1.29 is 14.3 Å². The zero-order chi connectivity index (χ0) is 15.9. The maximum Gasteiger partial charge on any atom is 0.407 e. The number of hydrogen-bond acceptors (Lipinski definition) is 4. The van der Waals surface area contributed by atoms with Gasteiger partial charge < -0.3 is 14.8 Å². The van der Waals surface area contributed by atoms with E-state index in [0.717, 1.165) is 24.0 Å². The first-order valence-electron chi connectivity index (χ1n) is 7.87. The van der Waals surface area contributed by atoms with Crippen LogP contribution in [0, 0.1) is 0 Å². The minimum absolute atomic E-state index is 0.0325. The lowest BCUT2D eigenvalue weighted by atomic mass is 10.1. The lowest BCUT2D eigenvalue weighted by Gasteiger charge is -2.22. The van der Waals surface area contributed by atoms with E-state index in [-0.39, 0.29) is 12.2 Å². The molecule has 3 rings (SSSR count). The molecule has 0 radical (unpaired) electrons. The van der Waals surface area contributed by atoms with E-state index in [1.807, 2.05) is 35.1 Å². The number of ether oxygens (including phenoxy) is 2. The Labute approximate surface area is 135 Å². The van der Waals surface area contributed by atoms with Crippen LogP contribution in [0.2, 0.25) is 0 Å². The number of rotatable bonds is 5. The summed E-state index contributed by atoms with van der Waals surface area (Å²) in [5.74, 6) is 0. The first-order valence-corrected chi connectivity index (χ1v) is 7.87. The summed E-state index contributed by atoms with van der Waals surface area (Å²) < 4.78 is 12.5. The van der Waals surface area contributed by atoms with Crippen LogP contribution in [0.25, 0.3) is 0 Å². The standard InChI is InChI=1S/C17H21N3O3/c21-17(23-16-5-9-22-10-6-16)18-12-14-3-1-4-15(11-14)13-20-8-2-7-19-20/h1-4,7-8,11,16H,5-6,9-10,12-13H2,(H,18,21). The molecular formula is C17H21N3O3. The first kappa shape index (κ1) is 15.6. The van der Waals surface area contributed by atoms with Crippen LogP contribution in [0.5, 0.6) is 0 Å². The summed E-state index contributed by atoms with van der Waals surface area (Å²) >= 11 is 0. The highest BCUT2D eigenvalue weighted by Crippen LogP contribution is 2.11. The van der Waals surface area contributed by atoms with Crippen molar-refractivity contribution in [2.24, 2.45) is 0 Å². The van der Waals surface area contributed by atoms with Gasteiger partial charge in [0.05, 0.1) is 19.8 Å². The molecule has 0 unspecified atom stereocenters. The molecule has 1 N–H and O–H groups in total. The molecule has 2 heterocycles. The molecule has 1 saturated heterocycles. The van der Waals surface area contributed by atoms with E-state index in [1.165, 1.54) is 0 Å². The fraction of sp³-hybridized carbons (Fsp3) is 0.412. The lowest BCUT2D eigenvalue weighted by Crippen LogP contribution is -2.32. The summed E-state index contributed by atoms with van der Waals surface area (Å²) in [7, 11) is 0. The van der Waals surface area contributed by atoms with E-state index < -0.39 is 0 Å². The summed E-state index contributed by atoms with van der Waals surface area (Å²) in [5, 5.41) is 7.01. The smallest absolute Gasteiger partial charge is 0.407 e. The SMILES string of the molecule is O=C(NCc1cccc(Cn2cccn2)c1)OC1CCOCC1. The van der Waals surface area contributed by atoms with Crippen LogP contribution < -0.4 is 5.32 Å². The fourth-order valence-electron chi connectivity index (χ4n) is 2.58. The second kappa shape index (κ2) is 7.78. The number of carbonyl (C=O) groups excluding carboxylic acids is 1. The molecule has 0 aliphatic carbocycles. The Balaban J connectivity index is 1.48. The minimum atomic E-state index is -0.366. The number of hydrogen-bond donors (Lipinski definition) is 1. The Morgan fingerprint density at radius 3 is 2.91 bits per heavy atom. The predicted octanol–water partition coefficient (Wildman–Crippen LogP) is 2.34. The zero-order valence-electron chi connectivity index (χ0n) is 13.0. The van der Waals surface area contributed by atoms with Crippen molar-refractivity contribution in [1.29, 1.82) is 0 Å². The monoisotopic (exact) mass is 315 g/mol. The van der Waals surface area contributed by atoms with Crippen LogP contribution in [0.15, 0.2) is 42.7 Å². The van der Waals surface area contributed by atoms with Gasteiger partial charge in [-0.1, -0.05) is 24.3 Å². The van der Waals surface area contributed by atoms with Crippen molar-refractivity contribution in [3.63, 3.8) is 0 Å². The molecule has 6 heteroatoms. The molecule has 1 aromatic heterocycles. The molecule has 0 bridgehead atoms. The minimum Gasteiger partial charge on any atom is -0.446 e. The van der Waals surface area contributed by atoms with Gasteiger partial charge in [-0.25, -0.2) is 4.79 Å². The van der Waals surface area contributed by atoms with Gasteiger partial charge >= 0.3 is 6.09 Å². The molecule has 23 heavy (non-hydrogen) atoms. The Kier molecular flexibility index (Phi) is 5.26. The fourth-order valence-corrected chi connectivity index (χ4v) is 2.58. The third-order valence-electron chi connectivity index (χ3n) is 3.77. The number of alkyl carbamates (subject to hydrolysis) is 1. The lowest BCUT2D eigenvalue weighted by molar-refractivity contribution is 0.00151. The molecule has 1 aliphatic rings. The third kappa shape index (κ3) is 4.82. The van der Waals surface area contributed by atoms with Crippen molar-refractivity contribution in [3.8, 4) is 0 Å². The van der Waals surface area contributed by atoms with Gasteiger partial charge in [0.1, 0.15) is 6.10 Å². The third-order valence-corrected chi connectivity index (χ3v) is 3.77. The summed E-state index contributed by atoms with van der Waals surface area (Å²) in [6.07, 6.45) is 4.83. The average molecular weight is 315 g/mol. The van der Waals surface area contributed by atoms with Gasteiger partial charge in [-0.15, -0.1) is 0 Å². The highest BCUT2D eigenvalue weighted by Gasteiger charge is 2.17. The Morgan fingerprint density at radius 1 is 1.30 bits per heavy atom. The summed E-state index contributed by atoms with van der Waals surface area (Å²) in [4.78, 5) is 11.8. The number of aromatic nitrogens is 2. The number of nitrogens with one attached hydrogen (secondary N) is 1. The maximum absolute atomic E-state index is 11.8. The Hall–Kier alpha value is -2.34. The van der Waals surface area contributed by atoms with Gasteiger partial charge in [-0.2, -0.15) is 5.10 Å². The van der Waals surface area contributed by atoms with Crippen molar-refractivity contribution >= 4 is 6.09 Å². The van der Waals surface area contributed by atoms with Crippen molar-refractivity contribution in [3.05, 3.63) is 53.9 Å². The predicted molar refractivity (Wildman–Crippen MR) is 84.9 cm³/mol. The highest BCUT2D eigenvalue weighted by atomic mass is 16.6. The van der Waals surface area contributed by atoms with E-state index in [9.17, 15) is 4.79 Å². The topological polar surface area (TPSA) is 65.4 Å². The molecule has 0 spiro atoms. The van der Waals surface area contributed by atoms with E-state index in [2.05, 4.69) is 16.5 Å². The quantitative estimate of drug-likeness (QED) is 0.920. The van der Waals surface area contributed by atoms with Gasteiger partial charge in [0.15, 0.2) is 0 Å². The molecule has 0 saturated carbocycles. The molecule has 0 atom stereocenters. The van der Waals surface area contributed by atoms with Crippen LogP contribution in [0.1, 0.15) is 24.0 Å². The number of amides is 1. The molecule has 122 valence electrons. The largest absolute Gasteiger partial charge is 0.446 e. The van der Waals surface area contributed by atoms with Crippen molar-refractivity contribution in [2.75, 3.05) is 13.2 Å².